The Morgan fingerprint density at radius 1 is 0.667 bits per heavy atom. The molecule has 0 N–H and O–H groups in total. The van der Waals surface area contributed by atoms with Crippen LogP contribution in [0.2, 0.25) is 0 Å². The number of hydrogen-bond acceptors (Lipinski definition) is 0. The summed E-state index contributed by atoms with van der Waals surface area (Å²) < 4.78 is 0. The van der Waals surface area contributed by atoms with Crippen molar-refractivity contribution in [2.45, 2.75) is 96.8 Å². The van der Waals surface area contributed by atoms with Crippen LogP contribution >= 0.6 is 0 Å². The highest BCUT2D eigenvalue weighted by Gasteiger charge is 2.21. The van der Waals surface area contributed by atoms with Gasteiger partial charge in [-0.05, 0) is 79.7 Å². The first-order valence-corrected chi connectivity index (χ1v) is 12.5. The third-order valence-corrected chi connectivity index (χ3v) is 6.66. The standard InChI is InChI=1S/C30H40/c1-3-5-6-7-8-10-26-17-21-29(22-18-26)30-23-19-28(20-24-30)16-15-27-13-11-25(9-4-2)12-14-27/h11-14,17-18,21-22,28,30H,3-10,19-20,23-24H2,1-2H3. The lowest BCUT2D eigenvalue weighted by molar-refractivity contribution is 0.384. The first kappa shape index (κ1) is 22.7. The highest BCUT2D eigenvalue weighted by atomic mass is 14.2. The summed E-state index contributed by atoms with van der Waals surface area (Å²) in [7, 11) is 0. The van der Waals surface area contributed by atoms with Crippen LogP contribution in [-0.2, 0) is 12.8 Å². The van der Waals surface area contributed by atoms with E-state index in [2.05, 4.69) is 74.2 Å². The van der Waals surface area contributed by atoms with Crippen molar-refractivity contribution in [1.82, 2.24) is 0 Å². The molecule has 2 aromatic carbocycles. The molecule has 0 aromatic heterocycles. The zero-order valence-corrected chi connectivity index (χ0v) is 19.3. The molecule has 0 spiro atoms. The normalized spacial score (nSPS) is 18.6. The van der Waals surface area contributed by atoms with Crippen LogP contribution in [-0.4, -0.2) is 0 Å². The summed E-state index contributed by atoms with van der Waals surface area (Å²) in [4.78, 5) is 0. The van der Waals surface area contributed by atoms with Crippen molar-refractivity contribution in [1.29, 1.82) is 0 Å². The Bertz CT molecular complexity index is 777. The third-order valence-electron chi connectivity index (χ3n) is 6.66. The molecule has 1 aliphatic carbocycles. The minimum atomic E-state index is 0.568. The average molecular weight is 401 g/mol. The average Bonchev–Trinajstić information content (AvgIpc) is 2.79. The van der Waals surface area contributed by atoms with Crippen molar-refractivity contribution in [2.24, 2.45) is 5.92 Å². The van der Waals surface area contributed by atoms with Crippen LogP contribution in [0.4, 0.5) is 0 Å². The lowest BCUT2D eigenvalue weighted by Gasteiger charge is -2.26. The molecule has 0 atom stereocenters. The van der Waals surface area contributed by atoms with Crippen LogP contribution < -0.4 is 0 Å². The molecule has 0 heterocycles. The molecular formula is C30H40. The topological polar surface area (TPSA) is 0 Å². The second-order valence-electron chi connectivity index (χ2n) is 9.17. The van der Waals surface area contributed by atoms with Crippen LogP contribution in [0.1, 0.15) is 106 Å². The van der Waals surface area contributed by atoms with Gasteiger partial charge in [0.1, 0.15) is 0 Å². The Balaban J connectivity index is 1.43. The van der Waals surface area contributed by atoms with E-state index in [1.54, 1.807) is 5.56 Å². The van der Waals surface area contributed by atoms with E-state index in [0.29, 0.717) is 5.92 Å². The lowest BCUT2D eigenvalue weighted by atomic mass is 9.78. The molecule has 30 heavy (non-hydrogen) atoms. The SMILES string of the molecule is CCCCCCCc1ccc(C2CCC(C#Cc3ccc(CCC)cc3)CC2)cc1. The summed E-state index contributed by atoms with van der Waals surface area (Å²) in [5, 5.41) is 0. The Morgan fingerprint density at radius 3 is 1.97 bits per heavy atom. The maximum absolute atomic E-state index is 3.56. The number of unbranched alkanes of at least 4 members (excludes halogenated alkanes) is 4. The summed E-state index contributed by atoms with van der Waals surface area (Å²) in [6.45, 7) is 4.51. The van der Waals surface area contributed by atoms with Gasteiger partial charge in [-0.15, -0.1) is 0 Å². The van der Waals surface area contributed by atoms with Gasteiger partial charge in [-0.25, -0.2) is 0 Å². The predicted octanol–water partition coefficient (Wildman–Crippen LogP) is 8.48. The van der Waals surface area contributed by atoms with Crippen LogP contribution in [0, 0.1) is 17.8 Å². The highest BCUT2D eigenvalue weighted by Crippen LogP contribution is 2.35. The van der Waals surface area contributed by atoms with Gasteiger partial charge in [-0.1, -0.05) is 94.2 Å². The minimum absolute atomic E-state index is 0.568. The van der Waals surface area contributed by atoms with Crippen LogP contribution in [0.15, 0.2) is 48.5 Å². The zero-order chi connectivity index (χ0) is 21.0. The quantitative estimate of drug-likeness (QED) is 0.292. The molecule has 0 amide bonds. The van der Waals surface area contributed by atoms with E-state index in [4.69, 9.17) is 0 Å². The molecule has 0 aliphatic heterocycles. The molecule has 1 fully saturated rings. The molecule has 0 saturated heterocycles. The van der Waals surface area contributed by atoms with E-state index in [0.717, 1.165) is 12.3 Å². The van der Waals surface area contributed by atoms with E-state index >= 15 is 0 Å². The van der Waals surface area contributed by atoms with Crippen molar-refractivity contribution in [3.63, 3.8) is 0 Å². The summed E-state index contributed by atoms with van der Waals surface area (Å²) in [5.74, 6) is 8.29. The maximum Gasteiger partial charge on any atom is 0.0245 e. The molecule has 0 nitrogen and oxygen atoms in total. The number of benzene rings is 2. The summed E-state index contributed by atoms with van der Waals surface area (Å²) in [6, 6.07) is 18.4. The molecule has 0 bridgehead atoms. The molecular weight excluding hydrogens is 360 g/mol. The van der Waals surface area contributed by atoms with Crippen molar-refractivity contribution in [2.75, 3.05) is 0 Å². The van der Waals surface area contributed by atoms with Crippen LogP contribution in [0.5, 0.6) is 0 Å². The van der Waals surface area contributed by atoms with Gasteiger partial charge < -0.3 is 0 Å². The van der Waals surface area contributed by atoms with Crippen molar-refractivity contribution in [3.8, 4) is 11.8 Å². The Morgan fingerprint density at radius 2 is 1.30 bits per heavy atom. The Kier molecular flexibility index (Phi) is 9.56. The van der Waals surface area contributed by atoms with Gasteiger partial charge >= 0.3 is 0 Å². The number of rotatable bonds is 9. The molecule has 160 valence electrons. The van der Waals surface area contributed by atoms with E-state index in [1.165, 1.54) is 87.3 Å². The molecule has 3 rings (SSSR count). The fourth-order valence-corrected chi connectivity index (χ4v) is 4.69. The molecule has 1 saturated carbocycles. The van der Waals surface area contributed by atoms with Gasteiger partial charge in [0, 0.05) is 11.5 Å². The Labute approximate surface area is 185 Å². The van der Waals surface area contributed by atoms with Gasteiger partial charge in [0.2, 0.25) is 0 Å². The van der Waals surface area contributed by atoms with Gasteiger partial charge in [-0.3, -0.25) is 0 Å². The summed E-state index contributed by atoms with van der Waals surface area (Å²) in [6.07, 6.45) is 15.5. The molecule has 0 unspecified atom stereocenters. The maximum atomic E-state index is 3.56. The first-order chi connectivity index (χ1) is 14.8. The lowest BCUT2D eigenvalue weighted by Crippen LogP contribution is -2.12. The van der Waals surface area contributed by atoms with Crippen LogP contribution in [0.3, 0.4) is 0 Å². The fourth-order valence-electron chi connectivity index (χ4n) is 4.69. The van der Waals surface area contributed by atoms with E-state index in [9.17, 15) is 0 Å². The van der Waals surface area contributed by atoms with Gasteiger partial charge in [0.25, 0.3) is 0 Å². The van der Waals surface area contributed by atoms with E-state index < -0.39 is 0 Å². The minimum Gasteiger partial charge on any atom is -0.0945 e. The molecule has 1 aliphatic rings. The van der Waals surface area contributed by atoms with Gasteiger partial charge in [0.15, 0.2) is 0 Å². The molecule has 2 aromatic rings. The summed E-state index contributed by atoms with van der Waals surface area (Å²) >= 11 is 0. The van der Waals surface area contributed by atoms with E-state index in [1.807, 2.05) is 0 Å². The first-order valence-electron chi connectivity index (χ1n) is 12.5. The third kappa shape index (κ3) is 7.36. The smallest absolute Gasteiger partial charge is 0.0245 e. The highest BCUT2D eigenvalue weighted by molar-refractivity contribution is 5.37. The molecule has 0 radical (unpaired) electrons. The van der Waals surface area contributed by atoms with Gasteiger partial charge in [-0.2, -0.15) is 0 Å². The Hall–Kier alpha value is -2.00. The molecule has 0 heteroatoms. The summed E-state index contributed by atoms with van der Waals surface area (Å²) in [5.41, 5.74) is 5.65. The number of hydrogen-bond donors (Lipinski definition) is 0. The fraction of sp³-hybridized carbons (Fsp3) is 0.533. The van der Waals surface area contributed by atoms with E-state index in [-0.39, 0.29) is 0 Å². The zero-order valence-electron chi connectivity index (χ0n) is 19.3. The second-order valence-corrected chi connectivity index (χ2v) is 9.17. The second kappa shape index (κ2) is 12.6. The van der Waals surface area contributed by atoms with Crippen molar-refractivity contribution < 1.29 is 0 Å². The number of aryl methyl sites for hydroxylation is 2. The van der Waals surface area contributed by atoms with Crippen molar-refractivity contribution >= 4 is 0 Å². The van der Waals surface area contributed by atoms with Crippen LogP contribution in [0.25, 0.3) is 0 Å². The van der Waals surface area contributed by atoms with Crippen molar-refractivity contribution in [3.05, 3.63) is 70.8 Å². The van der Waals surface area contributed by atoms with Gasteiger partial charge in [0.05, 0.1) is 0 Å². The monoisotopic (exact) mass is 400 g/mol. The predicted molar refractivity (Wildman–Crippen MR) is 131 cm³/mol. The largest absolute Gasteiger partial charge is 0.0945 e.